The number of carbonyl (C=O) groups is 2. The lowest BCUT2D eigenvalue weighted by atomic mass is 10.2. The van der Waals surface area contributed by atoms with Crippen molar-refractivity contribution in [2.75, 3.05) is 6.61 Å². The standard InChI is InChI=1S/C18H16ClN5O3/c19-15-9-5-4-8-14(15)10-20-16(25)12-27-17(26)11-24-22-18(21-23-24)13-6-2-1-3-7-13/h1-9H,10-12H2,(H,20,25). The van der Waals surface area contributed by atoms with Crippen LogP contribution in [0.4, 0.5) is 0 Å². The fourth-order valence-electron chi connectivity index (χ4n) is 2.21. The SMILES string of the molecule is O=C(COC(=O)Cn1nnc(-c2ccccc2)n1)NCc1ccccc1Cl. The summed E-state index contributed by atoms with van der Waals surface area (Å²) in [6.07, 6.45) is 0. The van der Waals surface area contributed by atoms with Crippen LogP contribution in [-0.4, -0.2) is 38.7 Å². The summed E-state index contributed by atoms with van der Waals surface area (Å²) < 4.78 is 4.93. The summed E-state index contributed by atoms with van der Waals surface area (Å²) in [6, 6.07) is 16.4. The highest BCUT2D eigenvalue weighted by molar-refractivity contribution is 6.31. The topological polar surface area (TPSA) is 99.0 Å². The quantitative estimate of drug-likeness (QED) is 0.623. The van der Waals surface area contributed by atoms with E-state index in [1.54, 1.807) is 18.2 Å². The fourth-order valence-corrected chi connectivity index (χ4v) is 2.41. The van der Waals surface area contributed by atoms with Gasteiger partial charge in [-0.3, -0.25) is 4.79 Å². The van der Waals surface area contributed by atoms with E-state index < -0.39 is 18.5 Å². The molecule has 1 aromatic heterocycles. The molecule has 138 valence electrons. The number of ether oxygens (including phenoxy) is 1. The molecule has 1 heterocycles. The van der Waals surface area contributed by atoms with Crippen molar-refractivity contribution in [3.63, 3.8) is 0 Å². The Morgan fingerprint density at radius 3 is 2.59 bits per heavy atom. The van der Waals surface area contributed by atoms with Crippen molar-refractivity contribution >= 4 is 23.5 Å². The first-order valence-electron chi connectivity index (χ1n) is 8.11. The molecule has 3 rings (SSSR count). The zero-order valence-corrected chi connectivity index (χ0v) is 15.0. The summed E-state index contributed by atoms with van der Waals surface area (Å²) in [5.41, 5.74) is 1.56. The molecule has 0 unspecified atom stereocenters. The molecule has 0 bridgehead atoms. The van der Waals surface area contributed by atoms with Gasteiger partial charge in [-0.15, -0.1) is 10.2 Å². The number of halogens is 1. The Kier molecular flexibility index (Phi) is 6.11. The van der Waals surface area contributed by atoms with E-state index >= 15 is 0 Å². The van der Waals surface area contributed by atoms with Gasteiger partial charge in [-0.1, -0.05) is 60.1 Å². The van der Waals surface area contributed by atoms with Gasteiger partial charge in [0.25, 0.3) is 5.91 Å². The molecule has 0 atom stereocenters. The number of hydrogen-bond donors (Lipinski definition) is 1. The molecule has 0 radical (unpaired) electrons. The zero-order chi connectivity index (χ0) is 19.1. The summed E-state index contributed by atoms with van der Waals surface area (Å²) in [5, 5.41) is 15.0. The third-order valence-corrected chi connectivity index (χ3v) is 3.92. The number of rotatable bonds is 7. The Morgan fingerprint density at radius 2 is 1.81 bits per heavy atom. The maximum Gasteiger partial charge on any atom is 0.330 e. The minimum absolute atomic E-state index is 0.238. The first-order chi connectivity index (χ1) is 13.1. The van der Waals surface area contributed by atoms with Gasteiger partial charge < -0.3 is 10.1 Å². The van der Waals surface area contributed by atoms with Gasteiger partial charge in [-0.05, 0) is 16.8 Å². The molecule has 0 aliphatic heterocycles. The van der Waals surface area contributed by atoms with Crippen molar-refractivity contribution in [3.8, 4) is 11.4 Å². The van der Waals surface area contributed by atoms with Gasteiger partial charge in [0.1, 0.15) is 0 Å². The van der Waals surface area contributed by atoms with Gasteiger partial charge >= 0.3 is 5.97 Å². The number of amides is 1. The van der Waals surface area contributed by atoms with Gasteiger partial charge in [0.2, 0.25) is 5.82 Å². The predicted octanol–water partition coefficient (Wildman–Crippen LogP) is 1.85. The first kappa shape index (κ1) is 18.5. The lowest BCUT2D eigenvalue weighted by Crippen LogP contribution is -2.29. The predicted molar refractivity (Wildman–Crippen MR) is 97.5 cm³/mol. The second kappa shape index (κ2) is 8.91. The van der Waals surface area contributed by atoms with Crippen molar-refractivity contribution in [3.05, 3.63) is 65.2 Å². The minimum Gasteiger partial charge on any atom is -0.454 e. The summed E-state index contributed by atoms with van der Waals surface area (Å²) in [7, 11) is 0. The molecule has 0 aliphatic rings. The minimum atomic E-state index is -0.639. The van der Waals surface area contributed by atoms with Crippen LogP contribution < -0.4 is 5.32 Å². The molecule has 2 aromatic carbocycles. The van der Waals surface area contributed by atoms with Gasteiger partial charge in [0.15, 0.2) is 13.2 Å². The largest absolute Gasteiger partial charge is 0.454 e. The van der Waals surface area contributed by atoms with E-state index in [4.69, 9.17) is 16.3 Å². The number of esters is 1. The Morgan fingerprint density at radius 1 is 1.07 bits per heavy atom. The Labute approximate surface area is 160 Å². The average molecular weight is 386 g/mol. The van der Waals surface area contributed by atoms with Crippen LogP contribution in [0, 0.1) is 0 Å². The molecule has 0 aliphatic carbocycles. The molecule has 0 spiro atoms. The molecular weight excluding hydrogens is 370 g/mol. The van der Waals surface area contributed by atoms with E-state index in [1.165, 1.54) is 0 Å². The van der Waals surface area contributed by atoms with E-state index in [9.17, 15) is 9.59 Å². The van der Waals surface area contributed by atoms with Gasteiger partial charge in [-0.2, -0.15) is 4.80 Å². The van der Waals surface area contributed by atoms with Crippen molar-refractivity contribution in [1.29, 1.82) is 0 Å². The van der Waals surface area contributed by atoms with E-state index in [0.717, 1.165) is 15.9 Å². The second-order valence-corrected chi connectivity index (χ2v) is 5.95. The number of nitrogens with one attached hydrogen (secondary N) is 1. The lowest BCUT2D eigenvalue weighted by Gasteiger charge is -2.07. The Hall–Kier alpha value is -3.26. The molecule has 0 fully saturated rings. The summed E-state index contributed by atoms with van der Waals surface area (Å²) in [6.45, 7) is -0.387. The highest BCUT2D eigenvalue weighted by Gasteiger charge is 2.12. The average Bonchev–Trinajstić information content (AvgIpc) is 3.15. The number of carbonyl (C=O) groups excluding carboxylic acids is 2. The number of hydrogen-bond acceptors (Lipinski definition) is 6. The third kappa shape index (κ3) is 5.35. The second-order valence-electron chi connectivity index (χ2n) is 5.54. The molecule has 1 amide bonds. The van der Waals surface area contributed by atoms with Crippen LogP contribution in [0.1, 0.15) is 5.56 Å². The monoisotopic (exact) mass is 385 g/mol. The van der Waals surface area contributed by atoms with Crippen LogP contribution >= 0.6 is 11.6 Å². The number of tetrazole rings is 1. The molecule has 8 nitrogen and oxygen atoms in total. The number of aromatic nitrogens is 4. The Balaban J connectivity index is 1.44. The van der Waals surface area contributed by atoms with Gasteiger partial charge in [0, 0.05) is 17.1 Å². The summed E-state index contributed by atoms with van der Waals surface area (Å²) in [4.78, 5) is 24.7. The van der Waals surface area contributed by atoms with Crippen LogP contribution in [0.2, 0.25) is 5.02 Å². The molecule has 0 saturated heterocycles. The van der Waals surface area contributed by atoms with Gasteiger partial charge in [-0.25, -0.2) is 4.79 Å². The molecular formula is C18H16ClN5O3. The maximum atomic E-state index is 11.8. The van der Waals surface area contributed by atoms with Crippen molar-refractivity contribution < 1.29 is 14.3 Å². The molecule has 0 saturated carbocycles. The van der Waals surface area contributed by atoms with Crippen molar-refractivity contribution in [2.24, 2.45) is 0 Å². The van der Waals surface area contributed by atoms with E-state index in [2.05, 4.69) is 20.7 Å². The molecule has 1 N–H and O–H groups in total. The summed E-state index contributed by atoms with van der Waals surface area (Å²) >= 11 is 6.01. The number of benzene rings is 2. The van der Waals surface area contributed by atoms with Crippen LogP contribution in [0.5, 0.6) is 0 Å². The highest BCUT2D eigenvalue weighted by atomic mass is 35.5. The Bertz CT molecular complexity index is 930. The van der Waals surface area contributed by atoms with Gasteiger partial charge in [0.05, 0.1) is 0 Å². The fraction of sp³-hybridized carbons (Fsp3) is 0.167. The lowest BCUT2D eigenvalue weighted by molar-refractivity contribution is -0.149. The number of nitrogens with zero attached hydrogens (tertiary/aromatic N) is 4. The molecule has 27 heavy (non-hydrogen) atoms. The molecule has 3 aromatic rings. The summed E-state index contributed by atoms with van der Waals surface area (Å²) in [5.74, 6) is -0.666. The highest BCUT2D eigenvalue weighted by Crippen LogP contribution is 2.14. The van der Waals surface area contributed by atoms with E-state index in [0.29, 0.717) is 10.8 Å². The van der Waals surface area contributed by atoms with E-state index in [1.807, 2.05) is 36.4 Å². The third-order valence-electron chi connectivity index (χ3n) is 3.55. The maximum absolute atomic E-state index is 11.8. The van der Waals surface area contributed by atoms with Crippen LogP contribution in [0.15, 0.2) is 54.6 Å². The van der Waals surface area contributed by atoms with Crippen LogP contribution in [0.3, 0.4) is 0 Å². The normalized spacial score (nSPS) is 10.4. The van der Waals surface area contributed by atoms with Crippen molar-refractivity contribution in [1.82, 2.24) is 25.5 Å². The van der Waals surface area contributed by atoms with Crippen LogP contribution in [0.25, 0.3) is 11.4 Å². The molecule has 9 heteroatoms. The smallest absolute Gasteiger partial charge is 0.330 e. The van der Waals surface area contributed by atoms with Crippen molar-refractivity contribution in [2.45, 2.75) is 13.1 Å². The zero-order valence-electron chi connectivity index (χ0n) is 14.2. The van der Waals surface area contributed by atoms with E-state index in [-0.39, 0.29) is 13.1 Å². The van der Waals surface area contributed by atoms with Crippen LogP contribution in [-0.2, 0) is 27.4 Å². The first-order valence-corrected chi connectivity index (χ1v) is 8.48.